The predicted octanol–water partition coefficient (Wildman–Crippen LogP) is 5.64. The first kappa shape index (κ1) is 17.0. The first-order chi connectivity index (χ1) is 13.2. The Morgan fingerprint density at radius 2 is 2.19 bits per heavy atom. The molecule has 4 aromatic rings. The van der Waals surface area contributed by atoms with Crippen LogP contribution in [0, 0.1) is 5.82 Å². The van der Waals surface area contributed by atoms with Crippen LogP contribution in [0.3, 0.4) is 0 Å². The van der Waals surface area contributed by atoms with E-state index in [0.29, 0.717) is 17.6 Å². The van der Waals surface area contributed by atoms with E-state index in [1.54, 1.807) is 22.7 Å². The Bertz CT molecular complexity index is 1120. The second-order valence-corrected chi connectivity index (χ2v) is 8.95. The monoisotopic (exact) mass is 398 g/mol. The Labute approximate surface area is 164 Å². The molecule has 7 heteroatoms. The molecule has 4 heterocycles. The molecule has 0 aliphatic carbocycles. The number of thiophene rings is 1. The van der Waals surface area contributed by atoms with Crippen molar-refractivity contribution in [1.82, 2.24) is 15.3 Å². The summed E-state index contributed by atoms with van der Waals surface area (Å²) in [6, 6.07) is 8.48. The molecule has 1 aliphatic rings. The number of nitrogens with zero attached hydrogens (tertiary/aromatic N) is 2. The molecule has 0 spiro atoms. The Balaban J connectivity index is 1.55. The van der Waals surface area contributed by atoms with Crippen molar-refractivity contribution < 1.29 is 4.39 Å². The van der Waals surface area contributed by atoms with E-state index < -0.39 is 0 Å². The minimum Gasteiger partial charge on any atom is -0.352 e. The number of halogens is 1. The van der Waals surface area contributed by atoms with Gasteiger partial charge in [0.1, 0.15) is 4.83 Å². The molecule has 0 radical (unpaired) electrons. The second kappa shape index (κ2) is 6.82. The highest BCUT2D eigenvalue weighted by molar-refractivity contribution is 7.18. The SMILES string of the molecule is C[C@@H]1NCCC[C@@H]1c1cc2c(Nc3ccc4scnc4c3)c(F)cnc2s1. The lowest BCUT2D eigenvalue weighted by molar-refractivity contribution is 0.375. The van der Waals surface area contributed by atoms with Gasteiger partial charge < -0.3 is 10.6 Å². The van der Waals surface area contributed by atoms with Gasteiger partial charge in [-0.05, 0) is 50.6 Å². The molecule has 5 rings (SSSR count). The van der Waals surface area contributed by atoms with Crippen molar-refractivity contribution in [3.63, 3.8) is 0 Å². The fourth-order valence-corrected chi connectivity index (χ4v) is 5.71. The summed E-state index contributed by atoms with van der Waals surface area (Å²) in [5, 5.41) is 7.66. The summed E-state index contributed by atoms with van der Waals surface area (Å²) in [5.41, 5.74) is 4.07. The lowest BCUT2D eigenvalue weighted by Crippen LogP contribution is -2.37. The first-order valence-electron chi connectivity index (χ1n) is 9.10. The Morgan fingerprint density at radius 1 is 1.26 bits per heavy atom. The zero-order valence-corrected chi connectivity index (χ0v) is 16.5. The van der Waals surface area contributed by atoms with Crippen molar-refractivity contribution in [2.45, 2.75) is 31.7 Å². The van der Waals surface area contributed by atoms with Crippen LogP contribution in [-0.2, 0) is 0 Å². The highest BCUT2D eigenvalue weighted by Gasteiger charge is 2.25. The van der Waals surface area contributed by atoms with Crippen LogP contribution in [-0.4, -0.2) is 22.6 Å². The van der Waals surface area contributed by atoms with Crippen molar-refractivity contribution >= 4 is 54.5 Å². The maximum atomic E-state index is 14.6. The zero-order chi connectivity index (χ0) is 18.4. The topological polar surface area (TPSA) is 49.8 Å². The lowest BCUT2D eigenvalue weighted by Gasteiger charge is -2.29. The molecule has 0 unspecified atom stereocenters. The summed E-state index contributed by atoms with van der Waals surface area (Å²) in [6.07, 6.45) is 3.64. The van der Waals surface area contributed by atoms with E-state index in [4.69, 9.17) is 0 Å². The largest absolute Gasteiger partial charge is 0.352 e. The molecule has 3 aromatic heterocycles. The first-order valence-corrected chi connectivity index (χ1v) is 10.8. The maximum absolute atomic E-state index is 14.6. The van der Waals surface area contributed by atoms with E-state index in [9.17, 15) is 4.39 Å². The van der Waals surface area contributed by atoms with Gasteiger partial charge in [-0.3, -0.25) is 0 Å². The van der Waals surface area contributed by atoms with E-state index in [1.807, 2.05) is 23.7 Å². The number of fused-ring (bicyclic) bond motifs is 2. The van der Waals surface area contributed by atoms with Crippen molar-refractivity contribution in [3.05, 3.63) is 46.7 Å². The Hall–Kier alpha value is -2.09. The van der Waals surface area contributed by atoms with E-state index in [2.05, 4.69) is 33.6 Å². The average Bonchev–Trinajstić information content (AvgIpc) is 3.31. The van der Waals surface area contributed by atoms with Crippen LogP contribution in [0.4, 0.5) is 15.8 Å². The van der Waals surface area contributed by atoms with Gasteiger partial charge in [0.05, 0.1) is 27.6 Å². The van der Waals surface area contributed by atoms with Gasteiger partial charge in [0, 0.05) is 27.9 Å². The normalized spacial score (nSPS) is 20.4. The van der Waals surface area contributed by atoms with Crippen molar-refractivity contribution in [2.24, 2.45) is 0 Å². The minimum atomic E-state index is -0.333. The van der Waals surface area contributed by atoms with Crippen LogP contribution in [0.5, 0.6) is 0 Å². The average molecular weight is 399 g/mol. The molecule has 0 saturated carbocycles. The van der Waals surface area contributed by atoms with Crippen LogP contribution in [0.15, 0.2) is 36.0 Å². The number of benzene rings is 1. The minimum absolute atomic E-state index is 0.333. The number of pyridine rings is 1. The zero-order valence-electron chi connectivity index (χ0n) is 14.8. The number of piperidine rings is 1. The number of thiazole rings is 1. The maximum Gasteiger partial charge on any atom is 0.165 e. The molecule has 0 bridgehead atoms. The highest BCUT2D eigenvalue weighted by atomic mass is 32.1. The molecule has 2 N–H and O–H groups in total. The lowest BCUT2D eigenvalue weighted by atomic mass is 9.90. The standard InChI is InChI=1S/C20H19FN4S2/c1-11-13(3-2-6-22-11)18-8-14-19(15(21)9-23-20(14)27-18)25-12-4-5-17-16(7-12)24-10-26-17/h4-5,7-11,13,22H,2-3,6H2,1H3,(H,23,25)/t11-,13-/m0/s1. The van der Waals surface area contributed by atoms with Gasteiger partial charge in [0.15, 0.2) is 5.82 Å². The van der Waals surface area contributed by atoms with Gasteiger partial charge in [-0.25, -0.2) is 14.4 Å². The number of rotatable bonds is 3. The summed E-state index contributed by atoms with van der Waals surface area (Å²) in [4.78, 5) is 10.8. The number of aromatic nitrogens is 2. The van der Waals surface area contributed by atoms with Gasteiger partial charge in [-0.15, -0.1) is 22.7 Å². The number of anilines is 2. The molecule has 0 amide bonds. The third-order valence-corrected chi connectivity index (χ3v) is 7.25. The number of nitrogens with one attached hydrogen (secondary N) is 2. The summed E-state index contributed by atoms with van der Waals surface area (Å²) in [5.74, 6) is 0.125. The van der Waals surface area contributed by atoms with E-state index in [-0.39, 0.29) is 5.82 Å². The molecule has 1 fully saturated rings. The Morgan fingerprint density at radius 3 is 3.07 bits per heavy atom. The van der Waals surface area contributed by atoms with E-state index >= 15 is 0 Å². The van der Waals surface area contributed by atoms with Crippen molar-refractivity contribution in [3.8, 4) is 0 Å². The molecule has 1 aliphatic heterocycles. The fraction of sp³-hybridized carbons (Fsp3) is 0.300. The third kappa shape index (κ3) is 3.09. The summed E-state index contributed by atoms with van der Waals surface area (Å²) >= 11 is 3.28. The van der Waals surface area contributed by atoms with Crippen LogP contribution < -0.4 is 10.6 Å². The van der Waals surface area contributed by atoms with Gasteiger partial charge in [0.25, 0.3) is 0 Å². The van der Waals surface area contributed by atoms with Crippen LogP contribution >= 0.6 is 22.7 Å². The summed E-state index contributed by atoms with van der Waals surface area (Å²) < 4.78 is 15.8. The van der Waals surface area contributed by atoms with Crippen LogP contribution in [0.1, 0.15) is 30.6 Å². The van der Waals surface area contributed by atoms with E-state index in [0.717, 1.165) is 39.1 Å². The number of hydrogen-bond donors (Lipinski definition) is 2. The van der Waals surface area contributed by atoms with Gasteiger partial charge in [0.2, 0.25) is 0 Å². The number of hydrogen-bond acceptors (Lipinski definition) is 6. The summed E-state index contributed by atoms with van der Waals surface area (Å²) in [7, 11) is 0. The molecule has 1 saturated heterocycles. The van der Waals surface area contributed by atoms with Gasteiger partial charge >= 0.3 is 0 Å². The van der Waals surface area contributed by atoms with Crippen molar-refractivity contribution in [2.75, 3.05) is 11.9 Å². The second-order valence-electron chi connectivity index (χ2n) is 7.00. The molecular formula is C20H19FN4S2. The Kier molecular flexibility index (Phi) is 4.30. The van der Waals surface area contributed by atoms with E-state index in [1.165, 1.54) is 17.5 Å². The molecule has 4 nitrogen and oxygen atoms in total. The highest BCUT2D eigenvalue weighted by Crippen LogP contribution is 2.39. The molecule has 2 atom stereocenters. The molecule has 138 valence electrons. The fourth-order valence-electron chi connectivity index (χ4n) is 3.81. The van der Waals surface area contributed by atoms with Crippen molar-refractivity contribution in [1.29, 1.82) is 0 Å². The van der Waals surface area contributed by atoms with Crippen LogP contribution in [0.25, 0.3) is 20.4 Å². The van der Waals surface area contributed by atoms with Gasteiger partial charge in [-0.2, -0.15) is 0 Å². The third-order valence-electron chi connectivity index (χ3n) is 5.26. The van der Waals surface area contributed by atoms with Crippen LogP contribution in [0.2, 0.25) is 0 Å². The summed E-state index contributed by atoms with van der Waals surface area (Å²) in [6.45, 7) is 3.30. The quantitative estimate of drug-likeness (QED) is 0.469. The molecule has 1 aromatic carbocycles. The smallest absolute Gasteiger partial charge is 0.165 e. The van der Waals surface area contributed by atoms with Gasteiger partial charge in [-0.1, -0.05) is 0 Å². The predicted molar refractivity (Wildman–Crippen MR) is 112 cm³/mol. The molecular weight excluding hydrogens is 379 g/mol. The molecule has 27 heavy (non-hydrogen) atoms.